The molecule has 0 aromatic heterocycles. The Balaban J connectivity index is 1.81. The van der Waals surface area contributed by atoms with E-state index in [1.54, 1.807) is 6.08 Å². The van der Waals surface area contributed by atoms with E-state index in [9.17, 15) is 9.59 Å². The molecule has 22 heavy (non-hydrogen) atoms. The van der Waals surface area contributed by atoms with Crippen LogP contribution in [-0.2, 0) is 9.59 Å². The van der Waals surface area contributed by atoms with E-state index in [1.165, 1.54) is 0 Å². The normalized spacial score (nSPS) is 16.7. The van der Waals surface area contributed by atoms with Gasteiger partial charge in [-0.15, -0.1) is 0 Å². The Morgan fingerprint density at radius 1 is 1.27 bits per heavy atom. The maximum Gasteiger partial charge on any atom is 0.276 e. The summed E-state index contributed by atoms with van der Waals surface area (Å²) in [6, 6.07) is 7.52. The van der Waals surface area contributed by atoms with E-state index in [4.69, 9.17) is 4.74 Å². The van der Waals surface area contributed by atoms with Gasteiger partial charge in [-0.1, -0.05) is 32.0 Å². The molecule has 0 saturated heterocycles. The van der Waals surface area contributed by atoms with Gasteiger partial charge in [-0.3, -0.25) is 15.0 Å². The van der Waals surface area contributed by atoms with Crippen molar-refractivity contribution in [1.29, 1.82) is 0 Å². The number of benzene rings is 1. The number of amides is 1. The van der Waals surface area contributed by atoms with Gasteiger partial charge in [0.15, 0.2) is 12.4 Å². The van der Waals surface area contributed by atoms with Crippen molar-refractivity contribution in [3.8, 4) is 5.75 Å². The molecule has 0 unspecified atom stereocenters. The first-order valence-electron chi connectivity index (χ1n) is 7.32. The Bertz CT molecular complexity index is 606. The average Bonchev–Trinajstić information content (AvgIpc) is 2.42. The van der Waals surface area contributed by atoms with Crippen LogP contribution in [-0.4, -0.2) is 18.3 Å². The van der Waals surface area contributed by atoms with Gasteiger partial charge in [0.2, 0.25) is 0 Å². The molecule has 0 saturated carbocycles. The zero-order valence-corrected chi connectivity index (χ0v) is 13.2. The lowest BCUT2D eigenvalue weighted by molar-refractivity contribution is -0.124. The molecule has 0 aliphatic heterocycles. The third-order valence-electron chi connectivity index (χ3n) is 3.47. The van der Waals surface area contributed by atoms with Crippen molar-refractivity contribution in [1.82, 2.24) is 10.9 Å². The first-order chi connectivity index (χ1) is 10.4. The topological polar surface area (TPSA) is 67.4 Å². The van der Waals surface area contributed by atoms with Gasteiger partial charge in [0.05, 0.1) is 0 Å². The molecule has 0 fully saturated rings. The number of allylic oxidation sites excluding steroid dienone is 2. The number of ether oxygens (including phenoxy) is 1. The molecule has 1 aromatic rings. The number of aryl methyl sites for hydroxylation is 1. The van der Waals surface area contributed by atoms with Gasteiger partial charge in [-0.2, -0.15) is 0 Å². The third kappa shape index (κ3) is 4.62. The summed E-state index contributed by atoms with van der Waals surface area (Å²) in [4.78, 5) is 23.4. The van der Waals surface area contributed by atoms with Crippen molar-refractivity contribution in [2.45, 2.75) is 33.6 Å². The van der Waals surface area contributed by atoms with Crippen molar-refractivity contribution in [3.05, 3.63) is 41.6 Å². The smallest absolute Gasteiger partial charge is 0.276 e. The first-order valence-corrected chi connectivity index (χ1v) is 7.32. The number of ketones is 1. The number of hydrazine groups is 1. The van der Waals surface area contributed by atoms with Crippen LogP contribution in [0.4, 0.5) is 0 Å². The fraction of sp³-hybridized carbons (Fsp3) is 0.412. The number of hydrogen-bond acceptors (Lipinski definition) is 4. The highest BCUT2D eigenvalue weighted by Gasteiger charge is 2.27. The van der Waals surface area contributed by atoms with E-state index in [0.29, 0.717) is 12.2 Å². The minimum absolute atomic E-state index is 0.0733. The lowest BCUT2D eigenvalue weighted by Crippen LogP contribution is -2.42. The van der Waals surface area contributed by atoms with E-state index in [2.05, 4.69) is 10.9 Å². The first kappa shape index (κ1) is 16.1. The Kier molecular flexibility index (Phi) is 4.85. The van der Waals surface area contributed by atoms with Crippen LogP contribution in [0.1, 0.15) is 32.3 Å². The van der Waals surface area contributed by atoms with E-state index >= 15 is 0 Å². The van der Waals surface area contributed by atoms with Crippen molar-refractivity contribution in [3.63, 3.8) is 0 Å². The van der Waals surface area contributed by atoms with Crippen LogP contribution in [0.2, 0.25) is 0 Å². The standard InChI is InChI=1S/C17H22N2O3/c1-12-6-4-5-7-15(12)22-11-16(21)19-18-13-8-14(20)10-17(2,3)9-13/h4-8,18H,9-11H2,1-3H3,(H,19,21). The maximum absolute atomic E-state index is 11.8. The van der Waals surface area contributed by atoms with Crippen LogP contribution >= 0.6 is 0 Å². The second-order valence-electron chi connectivity index (χ2n) is 6.38. The lowest BCUT2D eigenvalue weighted by Gasteiger charge is -2.29. The second kappa shape index (κ2) is 6.64. The molecule has 1 amide bonds. The number of nitrogens with one attached hydrogen (secondary N) is 2. The summed E-state index contributed by atoms with van der Waals surface area (Å²) in [5.41, 5.74) is 7.00. The highest BCUT2D eigenvalue weighted by Crippen LogP contribution is 2.32. The van der Waals surface area contributed by atoms with Crippen LogP contribution < -0.4 is 15.6 Å². The molecular weight excluding hydrogens is 280 g/mol. The highest BCUT2D eigenvalue weighted by atomic mass is 16.5. The van der Waals surface area contributed by atoms with Gasteiger partial charge in [0, 0.05) is 18.2 Å². The molecule has 1 aromatic carbocycles. The summed E-state index contributed by atoms with van der Waals surface area (Å²) in [5.74, 6) is 0.468. The summed E-state index contributed by atoms with van der Waals surface area (Å²) < 4.78 is 5.46. The molecule has 5 heteroatoms. The van der Waals surface area contributed by atoms with Gasteiger partial charge < -0.3 is 10.2 Å². The summed E-state index contributed by atoms with van der Waals surface area (Å²) in [6.07, 6.45) is 2.80. The summed E-state index contributed by atoms with van der Waals surface area (Å²) >= 11 is 0. The molecule has 0 bridgehead atoms. The predicted octanol–water partition coefficient (Wildman–Crippen LogP) is 2.27. The Morgan fingerprint density at radius 2 is 2.00 bits per heavy atom. The van der Waals surface area contributed by atoms with Crippen LogP contribution in [0, 0.1) is 12.3 Å². The van der Waals surface area contributed by atoms with Crippen molar-refractivity contribution in [2.75, 3.05) is 6.61 Å². The average molecular weight is 302 g/mol. The fourth-order valence-electron chi connectivity index (χ4n) is 2.47. The number of carbonyl (C=O) groups is 2. The summed E-state index contributed by atoms with van der Waals surface area (Å²) in [7, 11) is 0. The summed E-state index contributed by atoms with van der Waals surface area (Å²) in [5, 5.41) is 0. The van der Waals surface area contributed by atoms with Gasteiger partial charge in [0.1, 0.15) is 5.75 Å². The summed E-state index contributed by atoms with van der Waals surface area (Å²) in [6.45, 7) is 5.90. The number of para-hydroxylation sites is 1. The second-order valence-corrected chi connectivity index (χ2v) is 6.38. The quantitative estimate of drug-likeness (QED) is 0.819. The molecule has 0 radical (unpaired) electrons. The van der Waals surface area contributed by atoms with Crippen LogP contribution in [0.25, 0.3) is 0 Å². The van der Waals surface area contributed by atoms with Crippen molar-refractivity contribution >= 4 is 11.7 Å². The zero-order valence-electron chi connectivity index (χ0n) is 13.2. The monoisotopic (exact) mass is 302 g/mol. The van der Waals surface area contributed by atoms with E-state index < -0.39 is 0 Å². The fourth-order valence-corrected chi connectivity index (χ4v) is 2.47. The SMILES string of the molecule is Cc1ccccc1OCC(=O)NNC1=CC(=O)CC(C)(C)C1. The number of hydrogen-bond donors (Lipinski definition) is 2. The molecule has 1 aliphatic carbocycles. The molecular formula is C17H22N2O3. The van der Waals surface area contributed by atoms with Gasteiger partial charge in [-0.05, 0) is 30.4 Å². The predicted molar refractivity (Wildman–Crippen MR) is 84.1 cm³/mol. The molecule has 1 aliphatic rings. The van der Waals surface area contributed by atoms with E-state index in [1.807, 2.05) is 45.0 Å². The zero-order chi connectivity index (χ0) is 16.2. The van der Waals surface area contributed by atoms with Gasteiger partial charge >= 0.3 is 0 Å². The Morgan fingerprint density at radius 3 is 2.68 bits per heavy atom. The van der Waals surface area contributed by atoms with E-state index in [-0.39, 0.29) is 23.7 Å². The minimum atomic E-state index is -0.292. The van der Waals surface area contributed by atoms with Crippen LogP contribution in [0.15, 0.2) is 36.0 Å². The van der Waals surface area contributed by atoms with Crippen LogP contribution in [0.3, 0.4) is 0 Å². The molecule has 5 nitrogen and oxygen atoms in total. The highest BCUT2D eigenvalue weighted by molar-refractivity contribution is 5.91. The number of carbonyl (C=O) groups excluding carboxylic acids is 2. The van der Waals surface area contributed by atoms with E-state index in [0.717, 1.165) is 17.7 Å². The molecule has 118 valence electrons. The number of rotatable bonds is 5. The largest absolute Gasteiger partial charge is 0.483 e. The molecule has 0 atom stereocenters. The van der Waals surface area contributed by atoms with Crippen molar-refractivity contribution in [2.24, 2.45) is 5.41 Å². The Labute approximate surface area is 130 Å². The molecule has 2 N–H and O–H groups in total. The van der Waals surface area contributed by atoms with Gasteiger partial charge in [0.25, 0.3) is 5.91 Å². The lowest BCUT2D eigenvalue weighted by atomic mass is 9.79. The molecule has 0 heterocycles. The molecule has 0 spiro atoms. The third-order valence-corrected chi connectivity index (χ3v) is 3.47. The minimum Gasteiger partial charge on any atom is -0.483 e. The van der Waals surface area contributed by atoms with Crippen LogP contribution in [0.5, 0.6) is 5.75 Å². The Hall–Kier alpha value is -2.30. The molecule has 2 rings (SSSR count). The van der Waals surface area contributed by atoms with Crippen molar-refractivity contribution < 1.29 is 14.3 Å². The van der Waals surface area contributed by atoms with Gasteiger partial charge in [-0.25, -0.2) is 0 Å². The maximum atomic E-state index is 11.8.